The molecule has 114 valence electrons. The van der Waals surface area contributed by atoms with Crippen molar-refractivity contribution in [3.63, 3.8) is 0 Å². The lowest BCUT2D eigenvalue weighted by Gasteiger charge is -2.20. The molecular weight excluding hydrogens is 270 g/mol. The smallest absolute Gasteiger partial charge is 0.227 e. The molecule has 3 aromatic rings. The Hall–Kier alpha value is -2.09. The molecule has 2 nitrogen and oxygen atoms in total. The molecule has 0 atom stereocenters. The highest BCUT2D eigenvalue weighted by Gasteiger charge is 2.22. The summed E-state index contributed by atoms with van der Waals surface area (Å²) in [5.41, 5.74) is 5.44. The molecule has 2 aromatic carbocycles. The number of aromatic nitrogens is 1. The van der Waals surface area contributed by atoms with Crippen molar-refractivity contribution in [3.05, 3.63) is 53.6 Å². The Balaban J connectivity index is 2.26. The lowest BCUT2D eigenvalue weighted by molar-refractivity contribution is 0.560. The molecule has 0 aliphatic heterocycles. The van der Waals surface area contributed by atoms with Gasteiger partial charge >= 0.3 is 0 Å². The fourth-order valence-electron chi connectivity index (χ4n) is 2.65. The van der Waals surface area contributed by atoms with Crippen molar-refractivity contribution >= 4 is 11.1 Å². The Labute approximate surface area is 132 Å². The lowest BCUT2D eigenvalue weighted by atomic mass is 9.84. The normalized spacial score (nSPS) is 12.3. The number of oxazole rings is 1. The molecule has 0 aliphatic rings. The van der Waals surface area contributed by atoms with Gasteiger partial charge in [0.15, 0.2) is 5.58 Å². The maximum absolute atomic E-state index is 6.14. The third kappa shape index (κ3) is 2.66. The van der Waals surface area contributed by atoms with E-state index in [9.17, 15) is 0 Å². The van der Waals surface area contributed by atoms with Crippen LogP contribution in [0.5, 0.6) is 0 Å². The van der Waals surface area contributed by atoms with Crippen LogP contribution in [0.2, 0.25) is 0 Å². The fraction of sp³-hybridized carbons (Fsp3) is 0.350. The van der Waals surface area contributed by atoms with Crippen LogP contribution >= 0.6 is 0 Å². The summed E-state index contributed by atoms with van der Waals surface area (Å²) in [4.78, 5) is 4.73. The van der Waals surface area contributed by atoms with Gasteiger partial charge in [0.1, 0.15) is 5.52 Å². The number of benzene rings is 2. The van der Waals surface area contributed by atoms with Crippen molar-refractivity contribution in [1.82, 2.24) is 4.98 Å². The van der Waals surface area contributed by atoms with Gasteiger partial charge in [-0.15, -0.1) is 0 Å². The van der Waals surface area contributed by atoms with Gasteiger partial charge in [-0.3, -0.25) is 0 Å². The van der Waals surface area contributed by atoms with Gasteiger partial charge in [0, 0.05) is 11.1 Å². The van der Waals surface area contributed by atoms with Crippen LogP contribution in [0.25, 0.3) is 22.6 Å². The molecule has 1 heterocycles. The van der Waals surface area contributed by atoms with Crippen LogP contribution in [-0.4, -0.2) is 4.98 Å². The average Bonchev–Trinajstić information content (AvgIpc) is 2.89. The van der Waals surface area contributed by atoms with Crippen LogP contribution in [0.15, 0.2) is 46.9 Å². The Kier molecular flexibility index (Phi) is 3.56. The van der Waals surface area contributed by atoms with Crippen molar-refractivity contribution < 1.29 is 4.42 Å². The van der Waals surface area contributed by atoms with Crippen LogP contribution in [0.4, 0.5) is 0 Å². The molecule has 0 saturated heterocycles. The van der Waals surface area contributed by atoms with E-state index in [1.807, 2.05) is 30.3 Å². The molecule has 0 fully saturated rings. The number of rotatable bonds is 2. The van der Waals surface area contributed by atoms with Crippen LogP contribution in [0.1, 0.15) is 51.7 Å². The highest BCUT2D eigenvalue weighted by molar-refractivity contribution is 5.81. The first-order valence-corrected chi connectivity index (χ1v) is 7.86. The maximum atomic E-state index is 6.14. The van der Waals surface area contributed by atoms with E-state index in [0.29, 0.717) is 11.8 Å². The highest BCUT2D eigenvalue weighted by Crippen LogP contribution is 2.35. The first-order chi connectivity index (χ1) is 10.4. The van der Waals surface area contributed by atoms with E-state index in [2.05, 4.69) is 46.8 Å². The molecule has 1 aromatic heterocycles. The molecule has 22 heavy (non-hydrogen) atoms. The first-order valence-electron chi connectivity index (χ1n) is 7.86. The minimum absolute atomic E-state index is 0.0244. The van der Waals surface area contributed by atoms with E-state index in [0.717, 1.165) is 16.7 Å². The molecule has 0 amide bonds. The molecule has 3 rings (SSSR count). The molecular formula is C20H23NO. The second-order valence-electron chi connectivity index (χ2n) is 7.21. The summed E-state index contributed by atoms with van der Waals surface area (Å²) in [7, 11) is 0. The molecule has 0 N–H and O–H groups in total. The Morgan fingerprint density at radius 3 is 2.27 bits per heavy atom. The SMILES string of the molecule is CC(C)c1cc(C(C)(C)C)c2oc(-c3ccccc3)nc2c1. The summed E-state index contributed by atoms with van der Waals surface area (Å²) in [5, 5.41) is 0. The van der Waals surface area contributed by atoms with Crippen LogP contribution < -0.4 is 0 Å². The lowest BCUT2D eigenvalue weighted by Crippen LogP contribution is -2.12. The Morgan fingerprint density at radius 1 is 1.00 bits per heavy atom. The monoisotopic (exact) mass is 293 g/mol. The third-order valence-corrected chi connectivity index (χ3v) is 4.01. The van der Waals surface area contributed by atoms with E-state index in [1.165, 1.54) is 11.1 Å². The second-order valence-corrected chi connectivity index (χ2v) is 7.21. The van der Waals surface area contributed by atoms with Gasteiger partial charge in [-0.05, 0) is 35.1 Å². The number of hydrogen-bond acceptors (Lipinski definition) is 2. The summed E-state index contributed by atoms with van der Waals surface area (Å²) in [6.07, 6.45) is 0. The van der Waals surface area contributed by atoms with E-state index < -0.39 is 0 Å². The fourth-order valence-corrected chi connectivity index (χ4v) is 2.65. The molecule has 0 saturated carbocycles. The van der Waals surface area contributed by atoms with Crippen molar-refractivity contribution in [2.24, 2.45) is 0 Å². The third-order valence-electron chi connectivity index (χ3n) is 4.01. The predicted octanol–water partition coefficient (Wildman–Crippen LogP) is 5.92. The van der Waals surface area contributed by atoms with Crippen molar-refractivity contribution in [2.45, 2.75) is 46.0 Å². The summed E-state index contributed by atoms with van der Waals surface area (Å²) in [6, 6.07) is 14.5. The Morgan fingerprint density at radius 2 is 1.68 bits per heavy atom. The second kappa shape index (κ2) is 5.28. The summed E-state index contributed by atoms with van der Waals surface area (Å²) in [6.45, 7) is 11.1. The van der Waals surface area contributed by atoms with Gasteiger partial charge in [-0.1, -0.05) is 58.9 Å². The van der Waals surface area contributed by atoms with Crippen molar-refractivity contribution in [1.29, 1.82) is 0 Å². The summed E-state index contributed by atoms with van der Waals surface area (Å²) >= 11 is 0. The molecule has 0 bridgehead atoms. The maximum Gasteiger partial charge on any atom is 0.227 e. The summed E-state index contributed by atoms with van der Waals surface area (Å²) in [5.74, 6) is 1.17. The molecule has 0 aliphatic carbocycles. The zero-order chi connectivity index (χ0) is 15.9. The average molecular weight is 293 g/mol. The predicted molar refractivity (Wildman–Crippen MR) is 92.2 cm³/mol. The van der Waals surface area contributed by atoms with E-state index >= 15 is 0 Å². The zero-order valence-electron chi connectivity index (χ0n) is 14.0. The number of fused-ring (bicyclic) bond motifs is 1. The number of nitrogens with zero attached hydrogens (tertiary/aromatic N) is 1. The van der Waals surface area contributed by atoms with Gasteiger partial charge in [0.05, 0.1) is 0 Å². The van der Waals surface area contributed by atoms with Gasteiger partial charge in [-0.2, -0.15) is 0 Å². The van der Waals surface area contributed by atoms with Gasteiger partial charge in [-0.25, -0.2) is 4.98 Å². The van der Waals surface area contributed by atoms with Crippen LogP contribution in [-0.2, 0) is 5.41 Å². The van der Waals surface area contributed by atoms with Crippen molar-refractivity contribution in [2.75, 3.05) is 0 Å². The largest absolute Gasteiger partial charge is 0.436 e. The molecule has 2 heteroatoms. The van der Waals surface area contributed by atoms with E-state index in [-0.39, 0.29) is 5.41 Å². The molecule has 0 unspecified atom stereocenters. The van der Waals surface area contributed by atoms with Gasteiger partial charge < -0.3 is 4.42 Å². The first kappa shape index (κ1) is 14.8. The van der Waals surface area contributed by atoms with Crippen LogP contribution in [0, 0.1) is 0 Å². The molecule has 0 radical (unpaired) electrons. The standard InChI is InChI=1S/C20H23NO/c1-13(2)15-11-16(20(3,4)5)18-17(12-15)21-19(22-18)14-9-7-6-8-10-14/h6-13H,1-5H3. The molecule has 0 spiro atoms. The highest BCUT2D eigenvalue weighted by atomic mass is 16.3. The Bertz CT molecular complexity index is 792. The zero-order valence-corrected chi connectivity index (χ0v) is 14.0. The topological polar surface area (TPSA) is 26.0 Å². The van der Waals surface area contributed by atoms with E-state index in [1.54, 1.807) is 0 Å². The quantitative estimate of drug-likeness (QED) is 0.586. The number of hydrogen-bond donors (Lipinski definition) is 0. The van der Waals surface area contributed by atoms with Gasteiger partial charge in [0.25, 0.3) is 0 Å². The minimum atomic E-state index is 0.0244. The van der Waals surface area contributed by atoms with Crippen molar-refractivity contribution in [3.8, 4) is 11.5 Å². The minimum Gasteiger partial charge on any atom is -0.436 e. The van der Waals surface area contributed by atoms with Gasteiger partial charge in [0.2, 0.25) is 5.89 Å². The van der Waals surface area contributed by atoms with Crippen LogP contribution in [0.3, 0.4) is 0 Å². The summed E-state index contributed by atoms with van der Waals surface area (Å²) < 4.78 is 6.14. The van der Waals surface area contributed by atoms with E-state index in [4.69, 9.17) is 9.40 Å².